The van der Waals surface area contributed by atoms with Gasteiger partial charge in [0.2, 0.25) is 5.91 Å². The van der Waals surface area contributed by atoms with Crippen LogP contribution in [0.4, 0.5) is 15.8 Å². The third kappa shape index (κ3) is 3.80. The molecule has 2 amide bonds. The smallest absolute Gasteiger partial charge is 0.265 e. The zero-order chi connectivity index (χ0) is 18.0. The molecule has 1 aliphatic rings. The number of ether oxygens (including phenoxy) is 1. The van der Waals surface area contributed by atoms with Gasteiger partial charge in [-0.1, -0.05) is 17.7 Å². The van der Waals surface area contributed by atoms with Crippen molar-refractivity contribution in [2.75, 3.05) is 10.6 Å². The van der Waals surface area contributed by atoms with Crippen molar-refractivity contribution in [1.82, 2.24) is 0 Å². The zero-order valence-electron chi connectivity index (χ0n) is 13.2. The highest BCUT2D eigenvalue weighted by atomic mass is 35.5. The lowest BCUT2D eigenvalue weighted by Gasteiger charge is -2.23. The van der Waals surface area contributed by atoms with E-state index in [0.717, 1.165) is 0 Å². The van der Waals surface area contributed by atoms with Crippen LogP contribution < -0.4 is 15.4 Å². The predicted molar refractivity (Wildman–Crippen MR) is 94.2 cm³/mol. The second-order valence-corrected chi connectivity index (χ2v) is 5.83. The molecule has 25 heavy (non-hydrogen) atoms. The summed E-state index contributed by atoms with van der Waals surface area (Å²) in [5.74, 6) is -0.709. The predicted octanol–water partition coefficient (Wildman–Crippen LogP) is 3.85. The summed E-state index contributed by atoms with van der Waals surface area (Å²) < 4.78 is 19.1. The summed E-state index contributed by atoms with van der Waals surface area (Å²) in [6.07, 6.45) is 1.92. The van der Waals surface area contributed by atoms with Crippen molar-refractivity contribution in [2.24, 2.45) is 0 Å². The first kappa shape index (κ1) is 17.0. The van der Waals surface area contributed by atoms with E-state index in [1.165, 1.54) is 30.4 Å². The standard InChI is InChI=1S/C18H14ClFN2O3/c1-10-18(24)22-15-9-11(5-7-16(15)25-10)21-17(23)8-6-12-13(19)3-2-4-14(12)20/h2-10H,1H3,(H,21,23)(H,22,24)/b8-6+/t10-/m0/s1. The van der Waals surface area contributed by atoms with Crippen LogP contribution in [0.3, 0.4) is 0 Å². The molecule has 1 heterocycles. The van der Waals surface area contributed by atoms with Crippen LogP contribution in [0.5, 0.6) is 5.75 Å². The van der Waals surface area contributed by atoms with E-state index in [-0.39, 0.29) is 16.5 Å². The fraction of sp³-hybridized carbons (Fsp3) is 0.111. The number of fused-ring (bicyclic) bond motifs is 1. The molecule has 0 bridgehead atoms. The summed E-state index contributed by atoms with van der Waals surface area (Å²) in [6, 6.07) is 9.16. The summed E-state index contributed by atoms with van der Waals surface area (Å²) in [6.45, 7) is 1.65. The third-order valence-electron chi connectivity index (χ3n) is 3.58. The minimum Gasteiger partial charge on any atom is -0.479 e. The molecule has 0 saturated heterocycles. The molecule has 2 aromatic rings. The van der Waals surface area contributed by atoms with Gasteiger partial charge in [0.25, 0.3) is 5.91 Å². The van der Waals surface area contributed by atoms with Gasteiger partial charge in [0, 0.05) is 17.3 Å². The molecule has 0 radical (unpaired) electrons. The number of hydrogen-bond donors (Lipinski definition) is 2. The van der Waals surface area contributed by atoms with Crippen molar-refractivity contribution in [1.29, 1.82) is 0 Å². The maximum absolute atomic E-state index is 13.7. The fourth-order valence-corrected chi connectivity index (χ4v) is 2.53. The van der Waals surface area contributed by atoms with E-state index in [0.29, 0.717) is 17.1 Å². The highest BCUT2D eigenvalue weighted by molar-refractivity contribution is 6.32. The SMILES string of the molecule is C[C@@H]1Oc2ccc(NC(=O)/C=C/c3c(F)cccc3Cl)cc2NC1=O. The molecule has 1 atom stereocenters. The lowest BCUT2D eigenvalue weighted by atomic mass is 10.2. The number of hydrogen-bond acceptors (Lipinski definition) is 3. The molecule has 0 aliphatic carbocycles. The van der Waals surface area contributed by atoms with Gasteiger partial charge in [-0.15, -0.1) is 0 Å². The first-order chi connectivity index (χ1) is 11.9. The van der Waals surface area contributed by atoms with Crippen LogP contribution in [0.1, 0.15) is 12.5 Å². The van der Waals surface area contributed by atoms with Crippen molar-refractivity contribution in [3.05, 3.63) is 58.9 Å². The van der Waals surface area contributed by atoms with Crippen LogP contribution in [0, 0.1) is 5.82 Å². The number of carbonyl (C=O) groups excluding carboxylic acids is 2. The number of rotatable bonds is 3. The minimum atomic E-state index is -0.568. The van der Waals surface area contributed by atoms with E-state index in [4.69, 9.17) is 16.3 Å². The van der Waals surface area contributed by atoms with Gasteiger partial charge in [-0.25, -0.2) is 4.39 Å². The second-order valence-electron chi connectivity index (χ2n) is 5.42. The van der Waals surface area contributed by atoms with Gasteiger partial charge in [0.1, 0.15) is 11.6 Å². The number of anilines is 2. The second kappa shape index (κ2) is 6.94. The Morgan fingerprint density at radius 3 is 2.92 bits per heavy atom. The van der Waals surface area contributed by atoms with E-state index < -0.39 is 17.8 Å². The average Bonchev–Trinajstić information content (AvgIpc) is 2.56. The fourth-order valence-electron chi connectivity index (χ4n) is 2.30. The van der Waals surface area contributed by atoms with Gasteiger partial charge in [-0.2, -0.15) is 0 Å². The Kier molecular flexibility index (Phi) is 4.72. The van der Waals surface area contributed by atoms with Gasteiger partial charge in [0.05, 0.1) is 10.7 Å². The molecular formula is C18H14ClFN2O3. The molecule has 7 heteroatoms. The molecule has 5 nitrogen and oxygen atoms in total. The van der Waals surface area contributed by atoms with Crippen LogP contribution in [0.25, 0.3) is 6.08 Å². The Labute approximate surface area is 148 Å². The Bertz CT molecular complexity index is 862. The van der Waals surface area contributed by atoms with E-state index in [9.17, 15) is 14.0 Å². The van der Waals surface area contributed by atoms with Gasteiger partial charge < -0.3 is 15.4 Å². The molecule has 1 aliphatic heterocycles. The molecule has 0 unspecified atom stereocenters. The van der Waals surface area contributed by atoms with Crippen LogP contribution >= 0.6 is 11.6 Å². The quantitative estimate of drug-likeness (QED) is 0.817. The molecule has 0 saturated carbocycles. The number of carbonyl (C=O) groups is 2. The molecule has 2 N–H and O–H groups in total. The Hall–Kier alpha value is -2.86. The zero-order valence-corrected chi connectivity index (χ0v) is 13.9. The molecule has 3 rings (SSSR count). The number of halogens is 2. The number of benzene rings is 2. The molecule has 0 aromatic heterocycles. The van der Waals surface area contributed by atoms with Crippen LogP contribution in [0.15, 0.2) is 42.5 Å². The van der Waals surface area contributed by atoms with Crippen molar-refractivity contribution < 1.29 is 18.7 Å². The normalized spacial score (nSPS) is 16.1. The minimum absolute atomic E-state index is 0.138. The molecule has 0 spiro atoms. The summed E-state index contributed by atoms with van der Waals surface area (Å²) >= 11 is 5.90. The number of nitrogens with one attached hydrogen (secondary N) is 2. The first-order valence-corrected chi connectivity index (χ1v) is 7.86. The van der Waals surface area contributed by atoms with Gasteiger partial charge in [-0.3, -0.25) is 9.59 Å². The lowest BCUT2D eigenvalue weighted by molar-refractivity contribution is -0.122. The maximum atomic E-state index is 13.7. The van der Waals surface area contributed by atoms with Crippen molar-refractivity contribution in [3.63, 3.8) is 0 Å². The van der Waals surface area contributed by atoms with Crippen LogP contribution in [-0.4, -0.2) is 17.9 Å². The topological polar surface area (TPSA) is 67.4 Å². The lowest BCUT2D eigenvalue weighted by Crippen LogP contribution is -2.34. The van der Waals surface area contributed by atoms with Crippen molar-refractivity contribution >= 4 is 40.9 Å². The monoisotopic (exact) mass is 360 g/mol. The highest BCUT2D eigenvalue weighted by Crippen LogP contribution is 2.32. The average molecular weight is 361 g/mol. The molecule has 0 fully saturated rings. The largest absolute Gasteiger partial charge is 0.479 e. The molecule has 128 valence electrons. The summed E-state index contributed by atoms with van der Waals surface area (Å²) in [5, 5.41) is 5.54. The highest BCUT2D eigenvalue weighted by Gasteiger charge is 2.23. The third-order valence-corrected chi connectivity index (χ3v) is 3.91. The Balaban J connectivity index is 1.73. The maximum Gasteiger partial charge on any atom is 0.265 e. The van der Waals surface area contributed by atoms with Crippen LogP contribution in [-0.2, 0) is 9.59 Å². The van der Waals surface area contributed by atoms with Crippen molar-refractivity contribution in [3.8, 4) is 5.75 Å². The van der Waals surface area contributed by atoms with E-state index >= 15 is 0 Å². The van der Waals surface area contributed by atoms with E-state index in [2.05, 4.69) is 10.6 Å². The van der Waals surface area contributed by atoms with Crippen LogP contribution in [0.2, 0.25) is 5.02 Å². The molecular weight excluding hydrogens is 347 g/mol. The van der Waals surface area contributed by atoms with E-state index in [1.807, 2.05) is 0 Å². The van der Waals surface area contributed by atoms with Gasteiger partial charge >= 0.3 is 0 Å². The summed E-state index contributed by atoms with van der Waals surface area (Å²) in [5.41, 5.74) is 1.08. The summed E-state index contributed by atoms with van der Waals surface area (Å²) in [4.78, 5) is 23.6. The van der Waals surface area contributed by atoms with Gasteiger partial charge in [-0.05, 0) is 43.3 Å². The Morgan fingerprint density at radius 1 is 1.36 bits per heavy atom. The Morgan fingerprint density at radius 2 is 2.16 bits per heavy atom. The number of amides is 2. The molecule has 2 aromatic carbocycles. The van der Waals surface area contributed by atoms with Gasteiger partial charge in [0.15, 0.2) is 6.10 Å². The van der Waals surface area contributed by atoms with E-state index in [1.54, 1.807) is 25.1 Å². The summed E-state index contributed by atoms with van der Waals surface area (Å²) in [7, 11) is 0. The van der Waals surface area contributed by atoms with Crippen molar-refractivity contribution in [2.45, 2.75) is 13.0 Å². The first-order valence-electron chi connectivity index (χ1n) is 7.48.